The van der Waals surface area contributed by atoms with E-state index in [0.29, 0.717) is 34.9 Å². The fourth-order valence-corrected chi connectivity index (χ4v) is 4.67. The molecule has 0 fully saturated rings. The lowest BCUT2D eigenvalue weighted by Crippen LogP contribution is -2.34. The molecule has 2 heterocycles. The number of nitrogens with one attached hydrogen (secondary N) is 4. The van der Waals surface area contributed by atoms with Crippen LogP contribution in [0.5, 0.6) is 0 Å². The quantitative estimate of drug-likeness (QED) is 0.405. The first-order valence-electron chi connectivity index (χ1n) is 10.9. The molecule has 4 rings (SSSR count). The highest BCUT2D eigenvalue weighted by molar-refractivity contribution is 7.21. The number of anilines is 3. The van der Waals surface area contributed by atoms with E-state index in [-0.39, 0.29) is 23.8 Å². The Bertz CT molecular complexity index is 1280. The van der Waals surface area contributed by atoms with Crippen LogP contribution in [0.4, 0.5) is 17.1 Å². The van der Waals surface area contributed by atoms with Crippen molar-refractivity contribution in [3.05, 3.63) is 65.1 Å². The molecule has 0 bridgehead atoms. The number of amides is 3. The first-order chi connectivity index (χ1) is 16.3. The number of nitrogens with zero attached hydrogens (tertiary/aromatic N) is 1. The third-order valence-corrected chi connectivity index (χ3v) is 6.42. The number of carbonyl (C=O) groups excluding carboxylic acids is 3. The van der Waals surface area contributed by atoms with Gasteiger partial charge < -0.3 is 26.2 Å². The highest BCUT2D eigenvalue weighted by Gasteiger charge is 2.24. The molecule has 8 nitrogen and oxygen atoms in total. The van der Waals surface area contributed by atoms with Crippen molar-refractivity contribution in [3.63, 3.8) is 0 Å². The molecule has 1 aliphatic rings. The predicted octanol–water partition coefficient (Wildman–Crippen LogP) is 3.75. The first kappa shape index (κ1) is 23.5. The predicted molar refractivity (Wildman–Crippen MR) is 138 cm³/mol. The molecule has 34 heavy (non-hydrogen) atoms. The Hall–Kier alpha value is -3.69. The molecule has 0 saturated heterocycles. The molecule has 0 aliphatic carbocycles. The number of rotatable bonds is 6. The maximum Gasteiger partial charge on any atom is 0.263 e. The van der Waals surface area contributed by atoms with Crippen LogP contribution in [0.2, 0.25) is 0 Å². The minimum Gasteiger partial charge on any atom is -0.381 e. The first-order valence-corrected chi connectivity index (χ1v) is 11.8. The summed E-state index contributed by atoms with van der Waals surface area (Å²) in [7, 11) is 3.85. The lowest BCUT2D eigenvalue weighted by molar-refractivity contribution is -0.111. The molecular weight excluding hydrogens is 450 g/mol. The Morgan fingerprint density at radius 2 is 1.91 bits per heavy atom. The van der Waals surface area contributed by atoms with Gasteiger partial charge in [0.15, 0.2) is 0 Å². The number of fused-ring (bicyclic) bond motifs is 3. The van der Waals surface area contributed by atoms with Gasteiger partial charge in [0.2, 0.25) is 5.91 Å². The van der Waals surface area contributed by atoms with Gasteiger partial charge >= 0.3 is 0 Å². The van der Waals surface area contributed by atoms with Gasteiger partial charge in [-0.2, -0.15) is 0 Å². The van der Waals surface area contributed by atoms with Gasteiger partial charge in [-0.1, -0.05) is 12.1 Å². The van der Waals surface area contributed by atoms with Crippen LogP contribution in [0.25, 0.3) is 10.1 Å². The molecule has 0 radical (unpaired) electrons. The Kier molecular flexibility index (Phi) is 6.95. The van der Waals surface area contributed by atoms with Crippen molar-refractivity contribution in [1.29, 1.82) is 0 Å². The van der Waals surface area contributed by atoms with Crippen molar-refractivity contribution >= 4 is 56.2 Å². The van der Waals surface area contributed by atoms with Crippen LogP contribution in [0.3, 0.4) is 0 Å². The molecule has 1 atom stereocenters. The second-order valence-corrected chi connectivity index (χ2v) is 9.51. The van der Waals surface area contributed by atoms with Gasteiger partial charge in [0, 0.05) is 52.2 Å². The number of thiophene rings is 1. The average molecular weight is 478 g/mol. The van der Waals surface area contributed by atoms with Crippen LogP contribution in [0.1, 0.15) is 27.0 Å². The van der Waals surface area contributed by atoms with Crippen LogP contribution in [0.15, 0.2) is 54.6 Å². The highest BCUT2D eigenvalue weighted by Crippen LogP contribution is 2.37. The van der Waals surface area contributed by atoms with Crippen molar-refractivity contribution in [2.24, 2.45) is 0 Å². The Morgan fingerprint density at radius 3 is 2.68 bits per heavy atom. The molecule has 3 aromatic rings. The van der Waals surface area contributed by atoms with Gasteiger partial charge in [-0.25, -0.2) is 0 Å². The fraction of sp³-hybridized carbons (Fsp3) is 0.240. The summed E-state index contributed by atoms with van der Waals surface area (Å²) >= 11 is 1.41. The summed E-state index contributed by atoms with van der Waals surface area (Å²) in [6.07, 6.45) is 3.26. The Labute approximate surface area is 202 Å². The zero-order valence-electron chi connectivity index (χ0n) is 19.3. The van der Waals surface area contributed by atoms with Gasteiger partial charge in [-0.3, -0.25) is 14.4 Å². The van der Waals surface area contributed by atoms with Crippen LogP contribution in [-0.2, 0) is 4.79 Å². The van der Waals surface area contributed by atoms with E-state index in [4.69, 9.17) is 0 Å². The Morgan fingerprint density at radius 1 is 1.15 bits per heavy atom. The van der Waals surface area contributed by atoms with E-state index in [1.165, 1.54) is 17.4 Å². The molecule has 176 valence electrons. The highest BCUT2D eigenvalue weighted by atomic mass is 32.1. The molecule has 0 spiro atoms. The van der Waals surface area contributed by atoms with Crippen LogP contribution >= 0.6 is 11.3 Å². The summed E-state index contributed by atoms with van der Waals surface area (Å²) in [6, 6.07) is 12.4. The second kappa shape index (κ2) is 10.1. The summed E-state index contributed by atoms with van der Waals surface area (Å²) in [5, 5.41) is 12.8. The minimum absolute atomic E-state index is 0.0184. The van der Waals surface area contributed by atoms with E-state index in [0.717, 1.165) is 15.8 Å². The number of carbonyl (C=O) groups is 3. The van der Waals surface area contributed by atoms with Crippen LogP contribution < -0.4 is 21.3 Å². The van der Waals surface area contributed by atoms with Crippen molar-refractivity contribution in [2.75, 3.05) is 43.1 Å². The SMILES string of the molecule is C[C@@H]1CNc2c(sc3ccc(C(=O)Nc4cccc(NC(=O)/C=C/CN(C)C)c4)cc23)C(=O)N1. The maximum atomic E-state index is 13.0. The molecule has 4 N–H and O–H groups in total. The maximum absolute atomic E-state index is 13.0. The summed E-state index contributed by atoms with van der Waals surface area (Å²) in [5.74, 6) is -0.613. The lowest BCUT2D eigenvalue weighted by Gasteiger charge is -2.10. The molecule has 2 aromatic carbocycles. The lowest BCUT2D eigenvalue weighted by atomic mass is 10.1. The summed E-state index contributed by atoms with van der Waals surface area (Å²) in [4.78, 5) is 40.1. The van der Waals surface area contributed by atoms with E-state index in [9.17, 15) is 14.4 Å². The van der Waals surface area contributed by atoms with Crippen molar-refractivity contribution in [1.82, 2.24) is 10.2 Å². The third-order valence-electron chi connectivity index (χ3n) is 5.25. The van der Waals surface area contributed by atoms with Crippen molar-refractivity contribution < 1.29 is 14.4 Å². The van der Waals surface area contributed by atoms with E-state index < -0.39 is 0 Å². The zero-order valence-corrected chi connectivity index (χ0v) is 20.1. The smallest absolute Gasteiger partial charge is 0.263 e. The van der Waals surface area contributed by atoms with Gasteiger partial charge in [-0.05, 0) is 57.4 Å². The Balaban J connectivity index is 1.49. The van der Waals surface area contributed by atoms with Gasteiger partial charge in [0.05, 0.1) is 5.69 Å². The van der Waals surface area contributed by atoms with E-state index >= 15 is 0 Å². The van der Waals surface area contributed by atoms with Crippen LogP contribution in [0, 0.1) is 0 Å². The zero-order chi connectivity index (χ0) is 24.2. The molecule has 9 heteroatoms. The molecule has 0 unspecified atom stereocenters. The third kappa shape index (κ3) is 5.44. The summed E-state index contributed by atoms with van der Waals surface area (Å²) in [5.41, 5.74) is 2.40. The van der Waals surface area contributed by atoms with E-state index in [1.54, 1.807) is 42.5 Å². The number of benzene rings is 2. The molecule has 1 aliphatic heterocycles. The number of hydrogen-bond acceptors (Lipinski definition) is 6. The van der Waals surface area contributed by atoms with Crippen molar-refractivity contribution in [2.45, 2.75) is 13.0 Å². The largest absolute Gasteiger partial charge is 0.381 e. The fourth-order valence-electron chi connectivity index (χ4n) is 3.60. The molecule has 0 saturated carbocycles. The summed E-state index contributed by atoms with van der Waals surface area (Å²) in [6.45, 7) is 3.23. The minimum atomic E-state index is -0.275. The van der Waals surface area contributed by atoms with E-state index in [1.807, 2.05) is 32.0 Å². The molecule has 3 amide bonds. The van der Waals surface area contributed by atoms with Gasteiger partial charge in [-0.15, -0.1) is 11.3 Å². The summed E-state index contributed by atoms with van der Waals surface area (Å²) < 4.78 is 0.936. The average Bonchev–Trinajstić information content (AvgIpc) is 3.08. The molecular formula is C25H27N5O3S. The van der Waals surface area contributed by atoms with Crippen LogP contribution in [-0.4, -0.2) is 55.8 Å². The number of likely N-dealkylation sites (N-methyl/N-ethyl adjacent to an activating group) is 1. The van der Waals surface area contributed by atoms with E-state index in [2.05, 4.69) is 21.3 Å². The normalized spacial score (nSPS) is 15.5. The standard InChI is InChI=1S/C25H27N5O3S/c1-15-14-26-22-19-12-16(9-10-20(19)34-23(22)25(33)27-15)24(32)29-18-7-4-6-17(13-18)28-21(31)8-5-11-30(2)3/h4-10,12-13,15,26H,11,14H2,1-3H3,(H,27,33)(H,28,31)(H,29,32)/b8-5+/t15-/m1/s1. The van der Waals surface area contributed by atoms with Gasteiger partial charge in [0.25, 0.3) is 11.8 Å². The second-order valence-electron chi connectivity index (χ2n) is 8.46. The number of hydrogen-bond donors (Lipinski definition) is 4. The topological polar surface area (TPSA) is 103 Å². The molecule has 1 aromatic heterocycles. The van der Waals surface area contributed by atoms with Crippen molar-refractivity contribution in [3.8, 4) is 0 Å². The monoisotopic (exact) mass is 477 g/mol. The van der Waals surface area contributed by atoms with Gasteiger partial charge in [0.1, 0.15) is 4.88 Å².